The Labute approximate surface area is 115 Å². The van der Waals surface area contributed by atoms with Crippen LogP contribution in [0.3, 0.4) is 0 Å². The Hall–Kier alpha value is -1.55. The van der Waals surface area contributed by atoms with E-state index in [2.05, 4.69) is 19.2 Å². The number of ether oxygens (including phenoxy) is 1. The van der Waals surface area contributed by atoms with Crippen molar-refractivity contribution in [3.8, 4) is 5.75 Å². The molecule has 1 unspecified atom stereocenters. The number of nitrogens with one attached hydrogen (secondary N) is 1. The van der Waals surface area contributed by atoms with Gasteiger partial charge in [-0.1, -0.05) is 38.5 Å². The van der Waals surface area contributed by atoms with E-state index in [1.807, 2.05) is 24.3 Å². The second-order valence-corrected chi connectivity index (χ2v) is 4.56. The number of hydrogen-bond donors (Lipinski definition) is 2. The number of carbonyl (C=O) groups is 1. The van der Waals surface area contributed by atoms with Crippen LogP contribution in [0.2, 0.25) is 0 Å². The third kappa shape index (κ3) is 5.30. The normalized spacial score (nSPS) is 11.9. The summed E-state index contributed by atoms with van der Waals surface area (Å²) in [5, 5.41) is 2.98. The van der Waals surface area contributed by atoms with Gasteiger partial charge < -0.3 is 15.8 Å². The van der Waals surface area contributed by atoms with Crippen molar-refractivity contribution in [1.29, 1.82) is 0 Å². The van der Waals surface area contributed by atoms with Crippen LogP contribution in [0.4, 0.5) is 0 Å². The van der Waals surface area contributed by atoms with Crippen LogP contribution in [0.1, 0.15) is 38.7 Å². The third-order valence-corrected chi connectivity index (χ3v) is 3.05. The highest BCUT2D eigenvalue weighted by molar-refractivity contribution is 5.77. The molecule has 0 aliphatic rings. The molecule has 19 heavy (non-hydrogen) atoms. The van der Waals surface area contributed by atoms with E-state index in [-0.39, 0.29) is 18.6 Å². The van der Waals surface area contributed by atoms with Gasteiger partial charge in [-0.25, -0.2) is 0 Å². The molecule has 1 aromatic carbocycles. The van der Waals surface area contributed by atoms with Gasteiger partial charge in [-0.2, -0.15) is 0 Å². The van der Waals surface area contributed by atoms with Crippen LogP contribution in [0.25, 0.3) is 0 Å². The summed E-state index contributed by atoms with van der Waals surface area (Å²) in [6.07, 6.45) is 3.01. The number of carbonyl (C=O) groups excluding carboxylic acids is 1. The summed E-state index contributed by atoms with van der Waals surface area (Å²) < 4.78 is 5.52. The lowest BCUT2D eigenvalue weighted by atomic mass is 10.1. The van der Waals surface area contributed by atoms with E-state index in [1.165, 1.54) is 0 Å². The van der Waals surface area contributed by atoms with E-state index in [0.717, 1.165) is 24.8 Å². The summed E-state index contributed by atoms with van der Waals surface area (Å²) in [5.74, 6) is 0.607. The molecular weight excluding hydrogens is 240 g/mol. The van der Waals surface area contributed by atoms with Gasteiger partial charge in [-0.3, -0.25) is 4.79 Å². The quantitative estimate of drug-likeness (QED) is 0.756. The number of nitrogens with two attached hydrogens (primary N) is 1. The van der Waals surface area contributed by atoms with Crippen molar-refractivity contribution >= 4 is 5.91 Å². The smallest absolute Gasteiger partial charge is 0.258 e. The van der Waals surface area contributed by atoms with Gasteiger partial charge in [-0.15, -0.1) is 0 Å². The average Bonchev–Trinajstić information content (AvgIpc) is 2.44. The monoisotopic (exact) mass is 264 g/mol. The Kier molecular flexibility index (Phi) is 6.97. The molecule has 0 spiro atoms. The molecule has 0 saturated carbocycles. The maximum absolute atomic E-state index is 11.8. The molecule has 4 nitrogen and oxygen atoms in total. The van der Waals surface area contributed by atoms with Gasteiger partial charge in [0.1, 0.15) is 5.75 Å². The second kappa shape index (κ2) is 8.53. The van der Waals surface area contributed by atoms with Gasteiger partial charge in [0.2, 0.25) is 0 Å². The van der Waals surface area contributed by atoms with E-state index in [0.29, 0.717) is 12.3 Å². The molecule has 0 aliphatic carbocycles. The number of amides is 1. The minimum Gasteiger partial charge on any atom is -0.483 e. The predicted molar refractivity (Wildman–Crippen MR) is 77.0 cm³/mol. The molecule has 0 fully saturated rings. The lowest BCUT2D eigenvalue weighted by Gasteiger charge is -2.16. The van der Waals surface area contributed by atoms with Crippen LogP contribution in [0, 0.1) is 0 Å². The average molecular weight is 264 g/mol. The van der Waals surface area contributed by atoms with Crippen LogP contribution in [0.5, 0.6) is 5.75 Å². The molecule has 1 aromatic rings. The number of benzene rings is 1. The maximum Gasteiger partial charge on any atom is 0.258 e. The molecule has 0 aliphatic heterocycles. The zero-order chi connectivity index (χ0) is 14.1. The molecule has 4 heteroatoms. The van der Waals surface area contributed by atoms with Crippen molar-refractivity contribution in [3.05, 3.63) is 29.8 Å². The molecule has 0 saturated heterocycles. The SMILES string of the molecule is CCCC(CC)NC(=O)COc1ccccc1CN. The van der Waals surface area contributed by atoms with Gasteiger partial charge in [0.05, 0.1) is 0 Å². The molecule has 0 heterocycles. The Morgan fingerprint density at radius 1 is 1.37 bits per heavy atom. The summed E-state index contributed by atoms with van der Waals surface area (Å²) in [6, 6.07) is 7.76. The lowest BCUT2D eigenvalue weighted by molar-refractivity contribution is -0.123. The Morgan fingerprint density at radius 2 is 2.11 bits per heavy atom. The lowest BCUT2D eigenvalue weighted by Crippen LogP contribution is -2.37. The second-order valence-electron chi connectivity index (χ2n) is 4.56. The molecule has 3 N–H and O–H groups in total. The zero-order valence-corrected chi connectivity index (χ0v) is 11.8. The summed E-state index contributed by atoms with van der Waals surface area (Å²) >= 11 is 0. The summed E-state index contributed by atoms with van der Waals surface area (Å²) in [7, 11) is 0. The summed E-state index contributed by atoms with van der Waals surface area (Å²) in [4.78, 5) is 11.8. The molecular formula is C15H24N2O2. The topological polar surface area (TPSA) is 64.3 Å². The fourth-order valence-corrected chi connectivity index (χ4v) is 1.95. The van der Waals surface area contributed by atoms with Gasteiger partial charge in [0.25, 0.3) is 5.91 Å². The van der Waals surface area contributed by atoms with Gasteiger partial charge >= 0.3 is 0 Å². The molecule has 0 aromatic heterocycles. The fourth-order valence-electron chi connectivity index (χ4n) is 1.95. The van der Waals surface area contributed by atoms with E-state index >= 15 is 0 Å². The van der Waals surface area contributed by atoms with E-state index in [1.54, 1.807) is 0 Å². The Bertz CT molecular complexity index is 393. The summed E-state index contributed by atoms with van der Waals surface area (Å²) in [5.41, 5.74) is 6.53. The minimum absolute atomic E-state index is 0.0389. The van der Waals surface area contributed by atoms with Crippen LogP contribution in [0.15, 0.2) is 24.3 Å². The first-order valence-electron chi connectivity index (χ1n) is 6.91. The molecule has 106 valence electrons. The Morgan fingerprint density at radius 3 is 2.74 bits per heavy atom. The van der Waals surface area contributed by atoms with Gasteiger partial charge in [-0.05, 0) is 18.9 Å². The van der Waals surface area contributed by atoms with Crippen molar-refractivity contribution in [2.45, 2.75) is 45.7 Å². The number of hydrogen-bond acceptors (Lipinski definition) is 3. The third-order valence-electron chi connectivity index (χ3n) is 3.05. The maximum atomic E-state index is 11.8. The molecule has 0 bridgehead atoms. The van der Waals surface area contributed by atoms with E-state index in [4.69, 9.17) is 10.5 Å². The number of para-hydroxylation sites is 1. The standard InChI is InChI=1S/C15H24N2O2/c1-3-7-13(4-2)17-15(18)11-19-14-9-6-5-8-12(14)10-16/h5-6,8-9,13H,3-4,7,10-11,16H2,1-2H3,(H,17,18). The molecule has 1 rings (SSSR count). The van der Waals surface area contributed by atoms with Crippen molar-refractivity contribution in [2.24, 2.45) is 5.73 Å². The van der Waals surface area contributed by atoms with Gasteiger partial charge in [0.15, 0.2) is 6.61 Å². The zero-order valence-electron chi connectivity index (χ0n) is 11.8. The van der Waals surface area contributed by atoms with Crippen molar-refractivity contribution < 1.29 is 9.53 Å². The first-order chi connectivity index (χ1) is 9.21. The van der Waals surface area contributed by atoms with Crippen molar-refractivity contribution in [3.63, 3.8) is 0 Å². The van der Waals surface area contributed by atoms with Crippen LogP contribution in [-0.4, -0.2) is 18.6 Å². The van der Waals surface area contributed by atoms with Crippen molar-refractivity contribution in [1.82, 2.24) is 5.32 Å². The van der Waals surface area contributed by atoms with Gasteiger partial charge in [0, 0.05) is 18.2 Å². The highest BCUT2D eigenvalue weighted by Gasteiger charge is 2.10. The fraction of sp³-hybridized carbons (Fsp3) is 0.533. The number of rotatable bonds is 8. The molecule has 1 amide bonds. The predicted octanol–water partition coefficient (Wildman–Crippen LogP) is 2.22. The molecule has 1 atom stereocenters. The van der Waals surface area contributed by atoms with Crippen LogP contribution < -0.4 is 15.8 Å². The van der Waals surface area contributed by atoms with E-state index < -0.39 is 0 Å². The Balaban J connectivity index is 2.45. The van der Waals surface area contributed by atoms with Crippen LogP contribution in [-0.2, 0) is 11.3 Å². The van der Waals surface area contributed by atoms with E-state index in [9.17, 15) is 4.79 Å². The first-order valence-corrected chi connectivity index (χ1v) is 6.91. The van der Waals surface area contributed by atoms with Crippen LogP contribution >= 0.6 is 0 Å². The highest BCUT2D eigenvalue weighted by atomic mass is 16.5. The largest absolute Gasteiger partial charge is 0.483 e. The molecule has 0 radical (unpaired) electrons. The summed E-state index contributed by atoms with van der Waals surface area (Å²) in [6.45, 7) is 4.64. The van der Waals surface area contributed by atoms with Crippen molar-refractivity contribution in [2.75, 3.05) is 6.61 Å². The first kappa shape index (κ1) is 15.5. The highest BCUT2D eigenvalue weighted by Crippen LogP contribution is 2.16. The minimum atomic E-state index is -0.0767.